The van der Waals surface area contributed by atoms with Crippen LogP contribution in [0.3, 0.4) is 0 Å². The van der Waals surface area contributed by atoms with Crippen LogP contribution in [0.15, 0.2) is 52.2 Å². The molecule has 0 saturated heterocycles. The standard InChI is InChI=1S/C14H18N2O3S/c1-11(13-7-9-19-10-13)16-8-6-12-2-4-14(5-3-12)20(15,17)18/h2-5,7,9-11,16H,6,8H2,1H3,(H2,15,17,18). The minimum Gasteiger partial charge on any atom is -0.472 e. The molecule has 1 aromatic heterocycles. The Morgan fingerprint density at radius 2 is 1.95 bits per heavy atom. The van der Waals surface area contributed by atoms with Gasteiger partial charge in [0.15, 0.2) is 0 Å². The lowest BCUT2D eigenvalue weighted by Gasteiger charge is -2.11. The van der Waals surface area contributed by atoms with Crippen LogP contribution in [-0.2, 0) is 16.4 Å². The average molecular weight is 294 g/mol. The lowest BCUT2D eigenvalue weighted by molar-refractivity contribution is 0.540. The summed E-state index contributed by atoms with van der Waals surface area (Å²) in [5.41, 5.74) is 2.17. The fraction of sp³-hybridized carbons (Fsp3) is 0.286. The van der Waals surface area contributed by atoms with E-state index in [9.17, 15) is 8.42 Å². The van der Waals surface area contributed by atoms with Crippen molar-refractivity contribution in [2.75, 3.05) is 6.54 Å². The maximum absolute atomic E-state index is 11.1. The summed E-state index contributed by atoms with van der Waals surface area (Å²) in [7, 11) is -3.61. The Labute approximate surface area is 118 Å². The minimum atomic E-state index is -3.61. The summed E-state index contributed by atoms with van der Waals surface area (Å²) in [5.74, 6) is 0. The normalized spacial score (nSPS) is 13.3. The van der Waals surface area contributed by atoms with Gasteiger partial charge >= 0.3 is 0 Å². The van der Waals surface area contributed by atoms with Crippen molar-refractivity contribution in [2.24, 2.45) is 5.14 Å². The number of primary sulfonamides is 1. The zero-order valence-corrected chi connectivity index (χ0v) is 12.1. The van der Waals surface area contributed by atoms with Crippen LogP contribution in [0.1, 0.15) is 24.1 Å². The van der Waals surface area contributed by atoms with Gasteiger partial charge in [-0.25, -0.2) is 13.6 Å². The minimum absolute atomic E-state index is 0.140. The van der Waals surface area contributed by atoms with Crippen LogP contribution in [-0.4, -0.2) is 15.0 Å². The molecule has 0 saturated carbocycles. The van der Waals surface area contributed by atoms with Crippen LogP contribution in [0.25, 0.3) is 0 Å². The molecule has 0 aliphatic rings. The first-order valence-electron chi connectivity index (χ1n) is 6.34. The van der Waals surface area contributed by atoms with Crippen molar-refractivity contribution in [2.45, 2.75) is 24.3 Å². The van der Waals surface area contributed by atoms with Crippen LogP contribution in [0.2, 0.25) is 0 Å². The molecule has 3 N–H and O–H groups in total. The number of benzene rings is 1. The second-order valence-corrected chi connectivity index (χ2v) is 6.23. The summed E-state index contributed by atoms with van der Waals surface area (Å²) in [6.45, 7) is 2.86. The van der Waals surface area contributed by atoms with Gasteiger partial charge in [-0.05, 0) is 43.7 Å². The van der Waals surface area contributed by atoms with Crippen molar-refractivity contribution < 1.29 is 12.8 Å². The molecule has 2 aromatic rings. The lowest BCUT2D eigenvalue weighted by Crippen LogP contribution is -2.21. The highest BCUT2D eigenvalue weighted by Gasteiger charge is 2.07. The van der Waals surface area contributed by atoms with Gasteiger partial charge in [0.25, 0.3) is 0 Å². The molecular formula is C14H18N2O3S. The molecule has 6 heteroatoms. The van der Waals surface area contributed by atoms with Crippen LogP contribution in [0, 0.1) is 0 Å². The summed E-state index contributed by atoms with van der Waals surface area (Å²) in [4.78, 5) is 0.140. The Morgan fingerprint density at radius 1 is 1.25 bits per heavy atom. The van der Waals surface area contributed by atoms with Gasteiger partial charge < -0.3 is 9.73 Å². The predicted octanol–water partition coefficient (Wildman–Crippen LogP) is 1.82. The Balaban J connectivity index is 1.86. The summed E-state index contributed by atoms with van der Waals surface area (Å²) < 4.78 is 27.3. The summed E-state index contributed by atoms with van der Waals surface area (Å²) >= 11 is 0. The third kappa shape index (κ3) is 3.93. The molecule has 0 radical (unpaired) electrons. The third-order valence-corrected chi connectivity index (χ3v) is 4.09. The molecule has 0 aliphatic carbocycles. The number of nitrogens with one attached hydrogen (secondary N) is 1. The largest absolute Gasteiger partial charge is 0.472 e. The second-order valence-electron chi connectivity index (χ2n) is 4.67. The summed E-state index contributed by atoms with van der Waals surface area (Å²) in [6, 6.07) is 8.78. The van der Waals surface area contributed by atoms with Crippen LogP contribution >= 0.6 is 0 Å². The van der Waals surface area contributed by atoms with Gasteiger partial charge in [0.1, 0.15) is 0 Å². The molecule has 2 rings (SSSR count). The van der Waals surface area contributed by atoms with E-state index >= 15 is 0 Å². The van der Waals surface area contributed by atoms with E-state index in [0.29, 0.717) is 0 Å². The molecule has 1 unspecified atom stereocenters. The van der Waals surface area contributed by atoms with Crippen LogP contribution in [0.5, 0.6) is 0 Å². The van der Waals surface area contributed by atoms with Gasteiger partial charge in [-0.2, -0.15) is 0 Å². The summed E-state index contributed by atoms with van der Waals surface area (Å²) in [5, 5.41) is 8.43. The molecule has 0 aliphatic heterocycles. The molecule has 0 fully saturated rings. The molecule has 0 amide bonds. The SMILES string of the molecule is CC(NCCc1ccc(S(N)(=O)=O)cc1)c1ccoc1. The topological polar surface area (TPSA) is 85.3 Å². The first kappa shape index (κ1) is 14.8. The van der Waals surface area contributed by atoms with E-state index in [1.807, 2.05) is 6.07 Å². The average Bonchev–Trinajstić information content (AvgIpc) is 2.92. The third-order valence-electron chi connectivity index (χ3n) is 3.16. The zero-order valence-electron chi connectivity index (χ0n) is 11.2. The Hall–Kier alpha value is -1.63. The fourth-order valence-corrected chi connectivity index (χ4v) is 2.43. The molecule has 1 heterocycles. The number of nitrogens with two attached hydrogens (primary N) is 1. The maximum Gasteiger partial charge on any atom is 0.238 e. The van der Waals surface area contributed by atoms with E-state index in [1.165, 1.54) is 12.1 Å². The van der Waals surface area contributed by atoms with E-state index in [-0.39, 0.29) is 10.9 Å². The van der Waals surface area contributed by atoms with Crippen molar-refractivity contribution in [1.82, 2.24) is 5.32 Å². The van der Waals surface area contributed by atoms with Gasteiger partial charge in [-0.3, -0.25) is 0 Å². The van der Waals surface area contributed by atoms with Crippen molar-refractivity contribution in [3.8, 4) is 0 Å². The number of hydrogen-bond acceptors (Lipinski definition) is 4. The predicted molar refractivity (Wildman–Crippen MR) is 76.6 cm³/mol. The van der Waals surface area contributed by atoms with Crippen molar-refractivity contribution in [3.63, 3.8) is 0 Å². The summed E-state index contributed by atoms with van der Waals surface area (Å²) in [6.07, 6.45) is 4.19. The smallest absolute Gasteiger partial charge is 0.238 e. The molecule has 5 nitrogen and oxygen atoms in total. The van der Waals surface area contributed by atoms with Crippen molar-refractivity contribution in [1.29, 1.82) is 0 Å². The molecule has 1 aromatic carbocycles. The van der Waals surface area contributed by atoms with Crippen LogP contribution in [0.4, 0.5) is 0 Å². The Morgan fingerprint density at radius 3 is 2.50 bits per heavy atom. The number of sulfonamides is 1. The van der Waals surface area contributed by atoms with Gasteiger partial charge in [0.05, 0.1) is 17.4 Å². The van der Waals surface area contributed by atoms with E-state index in [4.69, 9.17) is 9.56 Å². The highest BCUT2D eigenvalue weighted by Crippen LogP contribution is 2.13. The molecule has 108 valence electrons. The van der Waals surface area contributed by atoms with E-state index in [2.05, 4.69) is 12.2 Å². The van der Waals surface area contributed by atoms with E-state index in [0.717, 1.165) is 24.1 Å². The fourth-order valence-electron chi connectivity index (χ4n) is 1.92. The van der Waals surface area contributed by atoms with Gasteiger partial charge in [0, 0.05) is 11.6 Å². The monoisotopic (exact) mass is 294 g/mol. The number of hydrogen-bond donors (Lipinski definition) is 2. The highest BCUT2D eigenvalue weighted by molar-refractivity contribution is 7.89. The molecular weight excluding hydrogens is 276 g/mol. The Bertz CT molecular complexity index is 634. The van der Waals surface area contributed by atoms with Gasteiger partial charge in [0.2, 0.25) is 10.0 Å². The van der Waals surface area contributed by atoms with E-state index < -0.39 is 10.0 Å². The van der Waals surface area contributed by atoms with Crippen LogP contribution < -0.4 is 10.5 Å². The quantitative estimate of drug-likeness (QED) is 0.851. The lowest BCUT2D eigenvalue weighted by atomic mass is 10.1. The zero-order chi connectivity index (χ0) is 14.6. The Kier molecular flexibility index (Phi) is 4.59. The molecule has 20 heavy (non-hydrogen) atoms. The maximum atomic E-state index is 11.1. The first-order valence-corrected chi connectivity index (χ1v) is 7.88. The van der Waals surface area contributed by atoms with Gasteiger partial charge in [-0.15, -0.1) is 0 Å². The molecule has 1 atom stereocenters. The van der Waals surface area contributed by atoms with E-state index in [1.54, 1.807) is 24.7 Å². The van der Waals surface area contributed by atoms with Crippen molar-refractivity contribution in [3.05, 3.63) is 54.0 Å². The molecule has 0 bridgehead atoms. The second kappa shape index (κ2) is 6.21. The number of rotatable bonds is 6. The van der Waals surface area contributed by atoms with Crippen molar-refractivity contribution >= 4 is 10.0 Å². The first-order chi connectivity index (χ1) is 9.47. The van der Waals surface area contributed by atoms with Gasteiger partial charge in [-0.1, -0.05) is 12.1 Å². The molecule has 0 spiro atoms. The number of furan rings is 1. The highest BCUT2D eigenvalue weighted by atomic mass is 32.2.